The molecule has 2 aliphatic rings. The van der Waals surface area contributed by atoms with Crippen molar-refractivity contribution in [1.82, 2.24) is 0 Å². The fourth-order valence-corrected chi connectivity index (χ4v) is 2.95. The smallest absolute Gasteiger partial charge is 0.420 e. The molecule has 2 atom stereocenters. The van der Waals surface area contributed by atoms with E-state index in [1.165, 1.54) is 0 Å². The summed E-state index contributed by atoms with van der Waals surface area (Å²) in [4.78, 5) is 35.8. The molecule has 5 nitrogen and oxygen atoms in total. The number of hydrogen-bond acceptors (Lipinski definition) is 5. The van der Waals surface area contributed by atoms with E-state index in [2.05, 4.69) is 0 Å². The van der Waals surface area contributed by atoms with E-state index < -0.39 is 22.8 Å². The van der Waals surface area contributed by atoms with Crippen molar-refractivity contribution in [2.24, 2.45) is 5.41 Å². The van der Waals surface area contributed by atoms with Crippen molar-refractivity contribution in [3.05, 3.63) is 0 Å². The van der Waals surface area contributed by atoms with E-state index in [1.54, 1.807) is 13.8 Å². The van der Waals surface area contributed by atoms with Gasteiger partial charge in [-0.05, 0) is 33.1 Å². The molecule has 2 rings (SSSR count). The highest BCUT2D eigenvalue weighted by atomic mass is 16.7. The van der Waals surface area contributed by atoms with Gasteiger partial charge in [-0.25, -0.2) is 4.79 Å². The van der Waals surface area contributed by atoms with Gasteiger partial charge < -0.3 is 9.47 Å². The Hall–Kier alpha value is -1.39. The summed E-state index contributed by atoms with van der Waals surface area (Å²) in [5.74, 6) is -0.182. The first-order chi connectivity index (χ1) is 9.11. The van der Waals surface area contributed by atoms with Gasteiger partial charge >= 0.3 is 6.16 Å². The molecule has 0 bridgehead atoms. The average Bonchev–Trinajstić information content (AvgIpc) is 2.73. The molecule has 0 heterocycles. The van der Waals surface area contributed by atoms with Crippen LogP contribution in [0.4, 0.5) is 4.79 Å². The third kappa shape index (κ3) is 2.23. The topological polar surface area (TPSA) is 69.7 Å². The maximum atomic E-state index is 12.0. The predicted molar refractivity (Wildman–Crippen MR) is 71.3 cm³/mol. The number of hydrogen-bond donors (Lipinski definition) is 0. The first-order valence-corrected chi connectivity index (χ1v) is 7.09. The molecule has 0 aromatic heterocycles. The van der Waals surface area contributed by atoms with E-state index in [9.17, 15) is 14.4 Å². The van der Waals surface area contributed by atoms with Crippen LogP contribution in [-0.2, 0) is 19.1 Å². The van der Waals surface area contributed by atoms with Crippen molar-refractivity contribution in [3.8, 4) is 0 Å². The van der Waals surface area contributed by atoms with E-state index in [4.69, 9.17) is 9.47 Å². The minimum Gasteiger partial charge on any atom is -0.420 e. The molecular weight excluding hydrogens is 260 g/mol. The lowest BCUT2D eigenvalue weighted by molar-refractivity contribution is -0.151. The Balaban J connectivity index is 2.08. The number of ketones is 2. The lowest BCUT2D eigenvalue weighted by atomic mass is 9.78. The number of rotatable bonds is 2. The van der Waals surface area contributed by atoms with Gasteiger partial charge in [0, 0.05) is 18.3 Å². The highest BCUT2D eigenvalue weighted by Crippen LogP contribution is 2.46. The SMILES string of the molecule is CC1(OC(=O)OC2(C)C(=O)CCC2(C)C)CCCC1=O. The molecule has 20 heavy (non-hydrogen) atoms. The van der Waals surface area contributed by atoms with Crippen LogP contribution in [0.5, 0.6) is 0 Å². The van der Waals surface area contributed by atoms with Crippen LogP contribution in [0.1, 0.15) is 59.8 Å². The first-order valence-electron chi connectivity index (χ1n) is 7.09. The van der Waals surface area contributed by atoms with Gasteiger partial charge in [-0.3, -0.25) is 9.59 Å². The lowest BCUT2D eigenvalue weighted by Crippen LogP contribution is -2.48. The Morgan fingerprint density at radius 2 is 1.60 bits per heavy atom. The van der Waals surface area contributed by atoms with E-state index in [0.29, 0.717) is 32.1 Å². The molecule has 0 N–H and O–H groups in total. The monoisotopic (exact) mass is 282 g/mol. The van der Waals surface area contributed by atoms with Gasteiger partial charge in [0.25, 0.3) is 0 Å². The van der Waals surface area contributed by atoms with Gasteiger partial charge in [-0.1, -0.05) is 13.8 Å². The maximum absolute atomic E-state index is 12.0. The summed E-state index contributed by atoms with van der Waals surface area (Å²) in [6.45, 7) is 7.02. The van der Waals surface area contributed by atoms with Gasteiger partial charge in [-0.15, -0.1) is 0 Å². The maximum Gasteiger partial charge on any atom is 0.510 e. The Morgan fingerprint density at radius 1 is 0.950 bits per heavy atom. The number of ether oxygens (including phenoxy) is 2. The summed E-state index contributed by atoms with van der Waals surface area (Å²) < 4.78 is 10.6. The van der Waals surface area contributed by atoms with Crippen LogP contribution < -0.4 is 0 Å². The van der Waals surface area contributed by atoms with Gasteiger partial charge in [0.15, 0.2) is 22.8 Å². The largest absolute Gasteiger partial charge is 0.510 e. The van der Waals surface area contributed by atoms with Crippen molar-refractivity contribution >= 4 is 17.7 Å². The van der Waals surface area contributed by atoms with Gasteiger partial charge in [0.1, 0.15) is 0 Å². The van der Waals surface area contributed by atoms with Crippen molar-refractivity contribution in [2.45, 2.75) is 71.0 Å². The van der Waals surface area contributed by atoms with E-state index in [-0.39, 0.29) is 11.6 Å². The lowest BCUT2D eigenvalue weighted by Gasteiger charge is -2.36. The van der Waals surface area contributed by atoms with Crippen LogP contribution in [0.15, 0.2) is 0 Å². The molecule has 2 saturated carbocycles. The molecule has 2 fully saturated rings. The van der Waals surface area contributed by atoms with Gasteiger partial charge in [-0.2, -0.15) is 0 Å². The van der Waals surface area contributed by atoms with Gasteiger partial charge in [0.05, 0.1) is 0 Å². The van der Waals surface area contributed by atoms with Crippen molar-refractivity contribution in [2.75, 3.05) is 0 Å². The second-order valence-corrected chi connectivity index (χ2v) is 6.80. The standard InChI is InChI=1S/C15H22O5/c1-13(2)9-7-11(17)15(13,4)20-12(18)19-14(3)8-5-6-10(14)16/h5-9H2,1-4H3. The second-order valence-electron chi connectivity index (χ2n) is 6.80. The molecule has 0 aromatic rings. The summed E-state index contributed by atoms with van der Waals surface area (Å²) in [5, 5.41) is 0. The van der Waals surface area contributed by atoms with Crippen LogP contribution in [0.3, 0.4) is 0 Å². The zero-order chi connectivity index (χ0) is 15.2. The van der Waals surface area contributed by atoms with Crippen LogP contribution in [0, 0.1) is 5.41 Å². The summed E-state index contributed by atoms with van der Waals surface area (Å²) >= 11 is 0. The summed E-state index contributed by atoms with van der Waals surface area (Å²) in [6, 6.07) is 0. The Morgan fingerprint density at radius 3 is 2.05 bits per heavy atom. The van der Waals surface area contributed by atoms with Crippen LogP contribution in [-0.4, -0.2) is 28.9 Å². The average molecular weight is 282 g/mol. The molecule has 0 saturated heterocycles. The summed E-state index contributed by atoms with van der Waals surface area (Å²) in [7, 11) is 0. The van der Waals surface area contributed by atoms with Gasteiger partial charge in [0.2, 0.25) is 0 Å². The predicted octanol–water partition coefficient (Wildman–Crippen LogP) is 2.80. The van der Waals surface area contributed by atoms with Crippen molar-refractivity contribution in [3.63, 3.8) is 0 Å². The molecule has 0 radical (unpaired) electrons. The molecule has 2 aliphatic carbocycles. The molecular formula is C15H22O5. The minimum absolute atomic E-state index is 0.0865. The van der Waals surface area contributed by atoms with E-state index in [1.807, 2.05) is 13.8 Å². The molecule has 0 aromatic carbocycles. The molecule has 0 amide bonds. The fraction of sp³-hybridized carbons (Fsp3) is 0.800. The van der Waals surface area contributed by atoms with Crippen molar-refractivity contribution in [1.29, 1.82) is 0 Å². The summed E-state index contributed by atoms with van der Waals surface area (Å²) in [6.07, 6.45) is 1.79. The highest BCUT2D eigenvalue weighted by molar-refractivity contribution is 5.93. The van der Waals surface area contributed by atoms with Crippen molar-refractivity contribution < 1.29 is 23.9 Å². The number of carbonyl (C=O) groups is 3. The molecule has 112 valence electrons. The summed E-state index contributed by atoms with van der Waals surface area (Å²) in [5.41, 5.74) is -2.70. The molecule has 0 spiro atoms. The quantitative estimate of drug-likeness (QED) is 0.728. The fourth-order valence-electron chi connectivity index (χ4n) is 2.95. The molecule has 0 aliphatic heterocycles. The van der Waals surface area contributed by atoms with Crippen LogP contribution >= 0.6 is 0 Å². The number of Topliss-reactive ketones (excluding diaryl/α,β-unsaturated/α-hetero) is 2. The third-order valence-electron chi connectivity index (χ3n) is 5.04. The Kier molecular flexibility index (Phi) is 3.43. The molecule has 2 unspecified atom stereocenters. The second kappa shape index (κ2) is 4.57. The Bertz CT molecular complexity index is 467. The van der Waals surface area contributed by atoms with E-state index >= 15 is 0 Å². The normalized spacial score (nSPS) is 36.2. The number of carbonyl (C=O) groups excluding carboxylic acids is 3. The van der Waals surface area contributed by atoms with Crippen LogP contribution in [0.25, 0.3) is 0 Å². The van der Waals surface area contributed by atoms with Crippen LogP contribution in [0.2, 0.25) is 0 Å². The zero-order valence-corrected chi connectivity index (χ0v) is 12.6. The van der Waals surface area contributed by atoms with E-state index in [0.717, 1.165) is 0 Å². The zero-order valence-electron chi connectivity index (χ0n) is 12.6. The third-order valence-corrected chi connectivity index (χ3v) is 5.04. The first kappa shape index (κ1) is 15.0. The minimum atomic E-state index is -1.18. The highest BCUT2D eigenvalue weighted by Gasteiger charge is 2.56. The Labute approximate surface area is 119 Å². The molecule has 5 heteroatoms.